The van der Waals surface area contributed by atoms with Crippen molar-refractivity contribution in [2.45, 2.75) is 23.4 Å². The highest BCUT2D eigenvalue weighted by molar-refractivity contribution is 7.99. The van der Waals surface area contributed by atoms with Crippen LogP contribution in [0.2, 0.25) is 5.02 Å². The minimum Gasteiger partial charge on any atom is -0.385 e. The number of hydrogen-bond acceptors (Lipinski definition) is 4. The van der Waals surface area contributed by atoms with E-state index in [2.05, 4.69) is 22.3 Å². The van der Waals surface area contributed by atoms with E-state index in [1.165, 1.54) is 0 Å². The molecular formula is C19H20ClN3O2S. The van der Waals surface area contributed by atoms with Gasteiger partial charge in [-0.25, -0.2) is 9.89 Å². The highest BCUT2D eigenvalue weighted by Gasteiger charge is 2.20. The van der Waals surface area contributed by atoms with E-state index in [9.17, 15) is 4.79 Å². The van der Waals surface area contributed by atoms with Gasteiger partial charge in [-0.3, -0.25) is 4.57 Å². The highest BCUT2D eigenvalue weighted by Crippen LogP contribution is 2.39. The summed E-state index contributed by atoms with van der Waals surface area (Å²) >= 11 is 7.58. The number of aromatic nitrogens is 3. The van der Waals surface area contributed by atoms with E-state index in [1.54, 1.807) is 23.4 Å². The van der Waals surface area contributed by atoms with Gasteiger partial charge in [-0.05, 0) is 29.7 Å². The number of H-pyrrole nitrogens is 1. The molecule has 0 amide bonds. The minimum absolute atomic E-state index is 0.00448. The number of aromatic amines is 1. The lowest BCUT2D eigenvalue weighted by molar-refractivity contribution is 0.189. The number of halogens is 1. The van der Waals surface area contributed by atoms with Crippen LogP contribution in [-0.2, 0) is 11.3 Å². The maximum absolute atomic E-state index is 12.1. The Kier molecular flexibility index (Phi) is 6.55. The van der Waals surface area contributed by atoms with Crippen molar-refractivity contribution in [1.82, 2.24) is 14.8 Å². The van der Waals surface area contributed by atoms with Crippen LogP contribution in [0.3, 0.4) is 0 Å². The second kappa shape index (κ2) is 9.07. The zero-order valence-corrected chi connectivity index (χ0v) is 16.0. The topological polar surface area (TPSA) is 59.9 Å². The maximum atomic E-state index is 12.1. The van der Waals surface area contributed by atoms with Crippen molar-refractivity contribution in [2.24, 2.45) is 0 Å². The lowest BCUT2D eigenvalue weighted by Crippen LogP contribution is -2.18. The molecule has 0 aliphatic heterocycles. The largest absolute Gasteiger partial charge is 0.385 e. The third-order valence-corrected chi connectivity index (χ3v) is 5.51. The molecule has 5 nitrogen and oxygen atoms in total. The van der Waals surface area contributed by atoms with E-state index in [0.29, 0.717) is 23.3 Å². The summed E-state index contributed by atoms with van der Waals surface area (Å²) in [6, 6.07) is 17.9. The van der Waals surface area contributed by atoms with Gasteiger partial charge in [0.2, 0.25) is 0 Å². The van der Waals surface area contributed by atoms with Gasteiger partial charge in [-0.2, -0.15) is 0 Å². The molecule has 0 aliphatic rings. The van der Waals surface area contributed by atoms with Crippen LogP contribution in [0, 0.1) is 0 Å². The van der Waals surface area contributed by atoms with Crippen molar-refractivity contribution in [3.8, 4) is 0 Å². The van der Waals surface area contributed by atoms with Crippen LogP contribution < -0.4 is 5.69 Å². The Labute approximate surface area is 161 Å². The van der Waals surface area contributed by atoms with Gasteiger partial charge in [0.15, 0.2) is 5.16 Å². The Bertz CT molecular complexity index is 878. The molecule has 136 valence electrons. The fourth-order valence-corrected chi connectivity index (χ4v) is 3.98. The molecular weight excluding hydrogens is 370 g/mol. The number of nitrogens with zero attached hydrogens (tertiary/aromatic N) is 2. The van der Waals surface area contributed by atoms with Gasteiger partial charge in [0.05, 0.1) is 5.25 Å². The van der Waals surface area contributed by atoms with E-state index in [1.807, 2.05) is 42.5 Å². The molecule has 0 spiro atoms. The van der Waals surface area contributed by atoms with E-state index in [4.69, 9.17) is 16.3 Å². The summed E-state index contributed by atoms with van der Waals surface area (Å²) in [6.07, 6.45) is 0.750. The monoisotopic (exact) mass is 389 g/mol. The first-order chi connectivity index (χ1) is 12.7. The first kappa shape index (κ1) is 18.8. The number of ether oxygens (including phenoxy) is 1. The van der Waals surface area contributed by atoms with Crippen LogP contribution in [0.4, 0.5) is 0 Å². The average Bonchev–Trinajstić information content (AvgIpc) is 3.01. The summed E-state index contributed by atoms with van der Waals surface area (Å²) in [7, 11) is 1.65. The predicted octanol–water partition coefficient (Wildman–Crippen LogP) is 4.14. The Morgan fingerprint density at radius 2 is 1.85 bits per heavy atom. The molecule has 0 saturated heterocycles. The second-order valence-corrected chi connectivity index (χ2v) is 7.28. The first-order valence-corrected chi connectivity index (χ1v) is 9.56. The summed E-state index contributed by atoms with van der Waals surface area (Å²) in [5, 5.41) is 8.14. The average molecular weight is 390 g/mol. The number of hydrogen-bond donors (Lipinski definition) is 1. The standard InChI is InChI=1S/C19H20ClN3O2S/c1-25-13-5-12-23-18(24)21-22-19(23)26-17(14-6-3-2-4-7-14)15-8-10-16(20)11-9-15/h2-4,6-11,17H,5,12-13H2,1H3,(H,21,24). The van der Waals surface area contributed by atoms with Crippen molar-refractivity contribution >= 4 is 23.4 Å². The third-order valence-electron chi connectivity index (χ3n) is 3.95. The lowest BCUT2D eigenvalue weighted by atomic mass is 10.0. The van der Waals surface area contributed by atoms with Gasteiger partial charge in [-0.15, -0.1) is 5.10 Å². The quantitative estimate of drug-likeness (QED) is 0.464. The summed E-state index contributed by atoms with van der Waals surface area (Å²) in [5.74, 6) is 0. The smallest absolute Gasteiger partial charge is 0.343 e. The normalized spacial score (nSPS) is 12.2. The fraction of sp³-hybridized carbons (Fsp3) is 0.263. The van der Waals surface area contributed by atoms with Crippen molar-refractivity contribution in [3.05, 3.63) is 81.2 Å². The number of benzene rings is 2. The number of thioether (sulfide) groups is 1. The first-order valence-electron chi connectivity index (χ1n) is 8.30. The van der Waals surface area contributed by atoms with Crippen LogP contribution in [-0.4, -0.2) is 28.5 Å². The highest BCUT2D eigenvalue weighted by atomic mass is 35.5. The molecule has 26 heavy (non-hydrogen) atoms. The molecule has 0 saturated carbocycles. The Morgan fingerprint density at radius 1 is 1.15 bits per heavy atom. The van der Waals surface area contributed by atoms with Gasteiger partial charge in [0.1, 0.15) is 0 Å². The van der Waals surface area contributed by atoms with Crippen LogP contribution in [0.15, 0.2) is 64.5 Å². The molecule has 7 heteroatoms. The molecule has 2 aromatic carbocycles. The second-order valence-electron chi connectivity index (χ2n) is 5.77. The molecule has 3 aromatic rings. The van der Waals surface area contributed by atoms with Crippen molar-refractivity contribution in [3.63, 3.8) is 0 Å². The maximum Gasteiger partial charge on any atom is 0.343 e. The molecule has 1 unspecified atom stereocenters. The van der Waals surface area contributed by atoms with Gasteiger partial charge >= 0.3 is 5.69 Å². The van der Waals surface area contributed by atoms with E-state index in [-0.39, 0.29) is 10.9 Å². The molecule has 3 rings (SSSR count). The Morgan fingerprint density at radius 3 is 2.54 bits per heavy atom. The van der Waals surface area contributed by atoms with Crippen LogP contribution >= 0.6 is 23.4 Å². The summed E-state index contributed by atoms with van der Waals surface area (Å²) < 4.78 is 6.75. The predicted molar refractivity (Wildman–Crippen MR) is 105 cm³/mol. The number of nitrogens with one attached hydrogen (secondary N) is 1. The Balaban J connectivity index is 1.92. The number of methoxy groups -OCH3 is 1. The lowest BCUT2D eigenvalue weighted by Gasteiger charge is -2.17. The van der Waals surface area contributed by atoms with Gasteiger partial charge in [0, 0.05) is 25.3 Å². The zero-order chi connectivity index (χ0) is 18.4. The fourth-order valence-electron chi connectivity index (χ4n) is 2.66. The van der Waals surface area contributed by atoms with Crippen LogP contribution in [0.25, 0.3) is 0 Å². The van der Waals surface area contributed by atoms with Crippen LogP contribution in [0.1, 0.15) is 22.8 Å². The van der Waals surface area contributed by atoms with Crippen LogP contribution in [0.5, 0.6) is 0 Å². The van der Waals surface area contributed by atoms with E-state index >= 15 is 0 Å². The molecule has 0 bridgehead atoms. The molecule has 1 atom stereocenters. The minimum atomic E-state index is -0.202. The van der Waals surface area contributed by atoms with Crippen molar-refractivity contribution in [2.75, 3.05) is 13.7 Å². The van der Waals surface area contributed by atoms with E-state index < -0.39 is 0 Å². The zero-order valence-electron chi connectivity index (χ0n) is 14.4. The SMILES string of the molecule is COCCCn1c(SC(c2ccccc2)c2ccc(Cl)cc2)n[nH]c1=O. The van der Waals surface area contributed by atoms with Crippen molar-refractivity contribution < 1.29 is 4.74 Å². The van der Waals surface area contributed by atoms with Gasteiger partial charge in [0.25, 0.3) is 0 Å². The van der Waals surface area contributed by atoms with E-state index in [0.717, 1.165) is 17.5 Å². The van der Waals surface area contributed by atoms with Gasteiger partial charge < -0.3 is 4.74 Å². The molecule has 1 N–H and O–H groups in total. The molecule has 0 fully saturated rings. The number of rotatable bonds is 8. The summed E-state index contributed by atoms with van der Waals surface area (Å²) in [6.45, 7) is 1.16. The molecule has 0 radical (unpaired) electrons. The summed E-state index contributed by atoms with van der Waals surface area (Å²) in [5.41, 5.74) is 2.04. The summed E-state index contributed by atoms with van der Waals surface area (Å²) in [4.78, 5) is 12.1. The molecule has 0 aliphatic carbocycles. The Hall–Kier alpha value is -2.02. The molecule has 1 aromatic heterocycles. The molecule has 1 heterocycles. The van der Waals surface area contributed by atoms with Gasteiger partial charge in [-0.1, -0.05) is 65.8 Å². The van der Waals surface area contributed by atoms with Crippen molar-refractivity contribution in [1.29, 1.82) is 0 Å². The third kappa shape index (κ3) is 4.58.